The van der Waals surface area contributed by atoms with Gasteiger partial charge in [0.05, 0.1) is 6.61 Å². The zero-order chi connectivity index (χ0) is 11.3. The maximum atomic E-state index is 5.60. The molecule has 0 aliphatic heterocycles. The molecule has 1 aromatic rings. The van der Waals surface area contributed by atoms with Gasteiger partial charge in [0, 0.05) is 0 Å². The van der Waals surface area contributed by atoms with Gasteiger partial charge in [0.2, 0.25) is 0 Å². The Morgan fingerprint density at radius 3 is 2.60 bits per heavy atom. The van der Waals surface area contributed by atoms with Gasteiger partial charge in [-0.15, -0.1) is 0 Å². The lowest BCUT2D eigenvalue weighted by molar-refractivity contribution is 0.312. The highest BCUT2D eigenvalue weighted by molar-refractivity contribution is 5.32. The van der Waals surface area contributed by atoms with E-state index in [-0.39, 0.29) is 5.41 Å². The van der Waals surface area contributed by atoms with Crippen LogP contribution in [0.1, 0.15) is 32.8 Å². The van der Waals surface area contributed by atoms with E-state index >= 15 is 0 Å². The van der Waals surface area contributed by atoms with Gasteiger partial charge >= 0.3 is 0 Å². The van der Waals surface area contributed by atoms with Gasteiger partial charge in [0.25, 0.3) is 0 Å². The van der Waals surface area contributed by atoms with Crippen molar-refractivity contribution in [1.29, 1.82) is 0 Å². The van der Waals surface area contributed by atoms with Crippen LogP contribution >= 0.6 is 0 Å². The van der Waals surface area contributed by atoms with Crippen LogP contribution in [0.3, 0.4) is 0 Å². The molecule has 0 atom stereocenters. The largest absolute Gasteiger partial charge is 0.494 e. The first-order valence-corrected chi connectivity index (χ1v) is 5.47. The van der Waals surface area contributed by atoms with Gasteiger partial charge in [0.15, 0.2) is 0 Å². The molecule has 0 bridgehead atoms. The van der Waals surface area contributed by atoms with Gasteiger partial charge in [-0.3, -0.25) is 0 Å². The topological polar surface area (TPSA) is 35.2 Å². The molecule has 0 amide bonds. The van der Waals surface area contributed by atoms with E-state index < -0.39 is 0 Å². The van der Waals surface area contributed by atoms with Crippen molar-refractivity contribution in [2.45, 2.75) is 32.6 Å². The Kier molecular flexibility index (Phi) is 4.15. The number of benzene rings is 1. The van der Waals surface area contributed by atoms with E-state index in [9.17, 15) is 0 Å². The quantitative estimate of drug-likeness (QED) is 0.770. The molecule has 0 aromatic heterocycles. The molecule has 0 radical (unpaired) electrons. The molecule has 1 aromatic carbocycles. The molecule has 0 aliphatic carbocycles. The summed E-state index contributed by atoms with van der Waals surface area (Å²) in [5, 5.41) is 0. The van der Waals surface area contributed by atoms with Gasteiger partial charge in [0.1, 0.15) is 5.75 Å². The van der Waals surface area contributed by atoms with Crippen LogP contribution in [0, 0.1) is 0 Å². The predicted octanol–water partition coefficient (Wildman–Crippen LogP) is 2.71. The van der Waals surface area contributed by atoms with E-state index in [2.05, 4.69) is 32.9 Å². The van der Waals surface area contributed by atoms with E-state index in [4.69, 9.17) is 10.5 Å². The fourth-order valence-corrected chi connectivity index (χ4v) is 1.33. The second kappa shape index (κ2) is 5.17. The molecule has 0 unspecified atom stereocenters. The molecule has 15 heavy (non-hydrogen) atoms. The zero-order valence-electron chi connectivity index (χ0n) is 9.92. The minimum Gasteiger partial charge on any atom is -0.494 e. The smallest absolute Gasteiger partial charge is 0.119 e. The standard InChI is InChI=1S/C13H21NO/c1-13(2,3)11-6-4-7-12(10-11)15-9-5-8-14/h4,6-7,10H,5,8-9,14H2,1-3H3. The molecular weight excluding hydrogens is 186 g/mol. The molecule has 0 fully saturated rings. The Labute approximate surface area is 92.4 Å². The van der Waals surface area contributed by atoms with Crippen molar-refractivity contribution in [2.75, 3.05) is 13.2 Å². The third-order valence-electron chi connectivity index (χ3n) is 2.32. The second-order valence-electron chi connectivity index (χ2n) is 4.77. The van der Waals surface area contributed by atoms with Gasteiger partial charge in [-0.25, -0.2) is 0 Å². The maximum Gasteiger partial charge on any atom is 0.119 e. The van der Waals surface area contributed by atoms with Crippen LogP contribution in [0.2, 0.25) is 0 Å². The molecule has 0 aliphatic rings. The average molecular weight is 207 g/mol. The summed E-state index contributed by atoms with van der Waals surface area (Å²) in [6.45, 7) is 7.98. The Balaban J connectivity index is 2.66. The summed E-state index contributed by atoms with van der Waals surface area (Å²) >= 11 is 0. The van der Waals surface area contributed by atoms with Crippen molar-refractivity contribution in [3.8, 4) is 5.75 Å². The summed E-state index contributed by atoms with van der Waals surface area (Å²) in [4.78, 5) is 0. The summed E-state index contributed by atoms with van der Waals surface area (Å²) in [5.74, 6) is 0.941. The lowest BCUT2D eigenvalue weighted by Crippen LogP contribution is -2.11. The first-order valence-electron chi connectivity index (χ1n) is 5.47. The lowest BCUT2D eigenvalue weighted by atomic mass is 9.87. The molecule has 0 saturated heterocycles. The Bertz CT molecular complexity index is 302. The monoisotopic (exact) mass is 207 g/mol. The highest BCUT2D eigenvalue weighted by Gasteiger charge is 2.13. The number of hydrogen-bond acceptors (Lipinski definition) is 2. The Hall–Kier alpha value is -1.02. The average Bonchev–Trinajstić information content (AvgIpc) is 2.17. The number of rotatable bonds is 4. The molecule has 2 heteroatoms. The van der Waals surface area contributed by atoms with Crippen LogP contribution in [0.4, 0.5) is 0 Å². The minimum absolute atomic E-state index is 0.174. The first-order chi connectivity index (χ1) is 7.04. The fourth-order valence-electron chi connectivity index (χ4n) is 1.33. The highest BCUT2D eigenvalue weighted by Crippen LogP contribution is 2.25. The zero-order valence-corrected chi connectivity index (χ0v) is 9.92. The normalized spacial score (nSPS) is 11.5. The Morgan fingerprint density at radius 1 is 1.27 bits per heavy atom. The summed E-state index contributed by atoms with van der Waals surface area (Å²) in [7, 11) is 0. The van der Waals surface area contributed by atoms with Gasteiger partial charge in [-0.2, -0.15) is 0 Å². The van der Waals surface area contributed by atoms with Crippen molar-refractivity contribution >= 4 is 0 Å². The van der Waals surface area contributed by atoms with E-state index in [0.29, 0.717) is 13.2 Å². The van der Waals surface area contributed by atoms with Crippen molar-refractivity contribution in [1.82, 2.24) is 0 Å². The predicted molar refractivity (Wildman–Crippen MR) is 64.3 cm³/mol. The molecule has 2 nitrogen and oxygen atoms in total. The van der Waals surface area contributed by atoms with Crippen molar-refractivity contribution < 1.29 is 4.74 Å². The van der Waals surface area contributed by atoms with Crippen LogP contribution < -0.4 is 10.5 Å². The van der Waals surface area contributed by atoms with Crippen LogP contribution in [-0.4, -0.2) is 13.2 Å². The molecule has 0 heterocycles. The summed E-state index contributed by atoms with van der Waals surface area (Å²) in [6, 6.07) is 8.27. The summed E-state index contributed by atoms with van der Waals surface area (Å²) in [5.41, 5.74) is 6.88. The lowest BCUT2D eigenvalue weighted by Gasteiger charge is -2.19. The number of ether oxygens (including phenoxy) is 1. The molecular formula is C13H21NO. The SMILES string of the molecule is CC(C)(C)c1cccc(OCCCN)c1. The second-order valence-corrected chi connectivity index (χ2v) is 4.77. The molecule has 0 spiro atoms. The van der Waals surface area contributed by atoms with E-state index in [1.54, 1.807) is 0 Å². The Morgan fingerprint density at radius 2 is 2.00 bits per heavy atom. The van der Waals surface area contributed by atoms with Crippen LogP contribution in [-0.2, 0) is 5.41 Å². The van der Waals surface area contributed by atoms with E-state index in [1.807, 2.05) is 12.1 Å². The molecule has 0 saturated carbocycles. The summed E-state index contributed by atoms with van der Waals surface area (Å²) < 4.78 is 5.60. The van der Waals surface area contributed by atoms with Crippen molar-refractivity contribution in [3.63, 3.8) is 0 Å². The van der Waals surface area contributed by atoms with Crippen LogP contribution in [0.25, 0.3) is 0 Å². The van der Waals surface area contributed by atoms with Crippen LogP contribution in [0.5, 0.6) is 5.75 Å². The van der Waals surface area contributed by atoms with Crippen molar-refractivity contribution in [3.05, 3.63) is 29.8 Å². The fraction of sp³-hybridized carbons (Fsp3) is 0.538. The third-order valence-corrected chi connectivity index (χ3v) is 2.32. The summed E-state index contributed by atoms with van der Waals surface area (Å²) in [6.07, 6.45) is 0.903. The van der Waals surface area contributed by atoms with Gasteiger partial charge < -0.3 is 10.5 Å². The maximum absolute atomic E-state index is 5.60. The van der Waals surface area contributed by atoms with Gasteiger partial charge in [-0.1, -0.05) is 32.9 Å². The van der Waals surface area contributed by atoms with Crippen LogP contribution in [0.15, 0.2) is 24.3 Å². The number of hydrogen-bond donors (Lipinski definition) is 1. The first kappa shape index (κ1) is 12.1. The minimum atomic E-state index is 0.174. The molecule has 1 rings (SSSR count). The number of nitrogens with two attached hydrogens (primary N) is 1. The van der Waals surface area contributed by atoms with Gasteiger partial charge in [-0.05, 0) is 36.1 Å². The van der Waals surface area contributed by atoms with Crippen molar-refractivity contribution in [2.24, 2.45) is 5.73 Å². The van der Waals surface area contributed by atoms with E-state index in [0.717, 1.165) is 12.2 Å². The molecule has 2 N–H and O–H groups in total. The molecule has 84 valence electrons. The highest BCUT2D eigenvalue weighted by atomic mass is 16.5. The van der Waals surface area contributed by atoms with E-state index in [1.165, 1.54) is 5.56 Å². The third kappa shape index (κ3) is 3.92.